The molecule has 0 aliphatic rings. The molecule has 38 heavy (non-hydrogen) atoms. The zero-order valence-corrected chi connectivity index (χ0v) is 21.5. The van der Waals surface area contributed by atoms with Gasteiger partial charge in [-0.1, -0.05) is 78.9 Å². The fourth-order valence-electron chi connectivity index (χ4n) is 4.26. The van der Waals surface area contributed by atoms with Crippen LogP contribution >= 0.6 is 0 Å². The number of hydrogen-bond donors (Lipinski definition) is 2. The molecule has 0 amide bonds. The maximum atomic E-state index is 12.6. The molecule has 0 bridgehead atoms. The first kappa shape index (κ1) is 26.9. The number of phenolic OH excluding ortho intramolecular Hbond substituents is 1. The largest absolute Gasteiger partial charge is 0.508 e. The Labute approximate surface area is 223 Å². The highest BCUT2D eigenvalue weighted by atomic mass is 16.5. The van der Waals surface area contributed by atoms with Crippen LogP contribution in [0.3, 0.4) is 0 Å². The maximum Gasteiger partial charge on any atom is 0.341 e. The molecule has 0 spiro atoms. The van der Waals surface area contributed by atoms with Crippen LogP contribution in [0.1, 0.15) is 38.7 Å². The first-order valence-electron chi connectivity index (χ1n) is 12.6. The van der Waals surface area contributed by atoms with Crippen molar-refractivity contribution in [1.82, 2.24) is 4.90 Å². The summed E-state index contributed by atoms with van der Waals surface area (Å²) in [7, 11) is 1.33. The summed E-state index contributed by atoms with van der Waals surface area (Å²) in [6.45, 7) is 2.06. The van der Waals surface area contributed by atoms with E-state index < -0.39 is 12.1 Å². The molecule has 0 heterocycles. The number of ether oxygens (including phenoxy) is 2. The van der Waals surface area contributed by atoms with Crippen molar-refractivity contribution in [3.8, 4) is 11.5 Å². The van der Waals surface area contributed by atoms with E-state index in [-0.39, 0.29) is 11.3 Å². The highest BCUT2D eigenvalue weighted by Crippen LogP contribution is 2.26. The number of methoxy groups -OCH3 is 1. The summed E-state index contributed by atoms with van der Waals surface area (Å²) in [5.74, 6) is 0.128. The third-order valence-corrected chi connectivity index (χ3v) is 6.36. The second kappa shape index (κ2) is 13.4. The molecule has 2 N–H and O–H groups in total. The second-order valence-corrected chi connectivity index (χ2v) is 9.17. The van der Waals surface area contributed by atoms with Gasteiger partial charge in [-0.3, -0.25) is 4.90 Å². The Kier molecular flexibility index (Phi) is 9.51. The summed E-state index contributed by atoms with van der Waals surface area (Å²) in [5.41, 5.74) is 4.12. The van der Waals surface area contributed by atoms with Gasteiger partial charge in [0.1, 0.15) is 23.7 Å². The predicted molar refractivity (Wildman–Crippen MR) is 147 cm³/mol. The molecule has 196 valence electrons. The lowest BCUT2D eigenvalue weighted by atomic mass is 10.0. The van der Waals surface area contributed by atoms with Crippen LogP contribution in [0.4, 0.5) is 0 Å². The van der Waals surface area contributed by atoms with Crippen molar-refractivity contribution in [2.45, 2.75) is 25.7 Å². The summed E-state index contributed by atoms with van der Waals surface area (Å²) in [6.07, 6.45) is -0.0652. The minimum Gasteiger partial charge on any atom is -0.508 e. The Morgan fingerprint density at radius 2 is 1.50 bits per heavy atom. The van der Waals surface area contributed by atoms with Gasteiger partial charge in [0.25, 0.3) is 0 Å². The van der Waals surface area contributed by atoms with E-state index in [2.05, 4.69) is 17.0 Å². The Bertz CT molecular complexity index is 1290. The molecule has 0 aliphatic carbocycles. The molecular weight excluding hydrogens is 478 g/mol. The summed E-state index contributed by atoms with van der Waals surface area (Å²) < 4.78 is 10.9. The molecule has 4 rings (SSSR count). The van der Waals surface area contributed by atoms with Crippen LogP contribution in [-0.2, 0) is 24.3 Å². The van der Waals surface area contributed by atoms with Crippen LogP contribution in [0.15, 0.2) is 103 Å². The molecule has 6 heteroatoms. The van der Waals surface area contributed by atoms with E-state index >= 15 is 0 Å². The summed E-state index contributed by atoms with van der Waals surface area (Å²) >= 11 is 0. The van der Waals surface area contributed by atoms with E-state index in [9.17, 15) is 15.0 Å². The quantitative estimate of drug-likeness (QED) is 0.243. The Morgan fingerprint density at radius 1 is 0.842 bits per heavy atom. The van der Waals surface area contributed by atoms with Gasteiger partial charge >= 0.3 is 5.97 Å². The van der Waals surface area contributed by atoms with Gasteiger partial charge in [0.15, 0.2) is 0 Å². The van der Waals surface area contributed by atoms with Crippen molar-refractivity contribution in [3.05, 3.63) is 131 Å². The van der Waals surface area contributed by atoms with E-state index in [4.69, 9.17) is 9.47 Å². The number of rotatable bonds is 12. The van der Waals surface area contributed by atoms with Crippen LogP contribution in [0.5, 0.6) is 11.5 Å². The highest BCUT2D eigenvalue weighted by Gasteiger charge is 2.20. The lowest BCUT2D eigenvalue weighted by molar-refractivity contribution is 0.0594. The highest BCUT2D eigenvalue weighted by molar-refractivity contribution is 5.92. The number of carbonyl (C=O) groups is 1. The van der Waals surface area contributed by atoms with Crippen molar-refractivity contribution in [1.29, 1.82) is 0 Å². The number of hydrogen-bond acceptors (Lipinski definition) is 6. The topological polar surface area (TPSA) is 79.2 Å². The van der Waals surface area contributed by atoms with Crippen molar-refractivity contribution in [2.24, 2.45) is 0 Å². The zero-order valence-electron chi connectivity index (χ0n) is 21.5. The molecule has 4 aromatic carbocycles. The standard InChI is InChI=1S/C32H33NO5/c1-37-32(36)29-20-27(14-17-31(29)38-23-26-10-6-3-7-11-26)30(35)22-33(21-25-8-4-2-5-9-25)19-18-24-12-15-28(34)16-13-24/h2-17,20,30,34-35H,18-19,21-23H2,1H3. The summed E-state index contributed by atoms with van der Waals surface area (Å²) in [4.78, 5) is 14.7. The molecule has 0 aromatic heterocycles. The van der Waals surface area contributed by atoms with Crippen LogP contribution in [-0.4, -0.2) is 41.3 Å². The second-order valence-electron chi connectivity index (χ2n) is 9.17. The number of phenols is 1. The van der Waals surface area contributed by atoms with Gasteiger partial charge in [-0.15, -0.1) is 0 Å². The monoisotopic (exact) mass is 511 g/mol. The minimum atomic E-state index is -0.829. The third-order valence-electron chi connectivity index (χ3n) is 6.36. The van der Waals surface area contributed by atoms with Gasteiger partial charge in [-0.2, -0.15) is 0 Å². The third kappa shape index (κ3) is 7.68. The van der Waals surface area contributed by atoms with E-state index in [0.717, 1.165) is 23.1 Å². The van der Waals surface area contributed by atoms with Crippen LogP contribution < -0.4 is 4.74 Å². The van der Waals surface area contributed by atoms with Gasteiger partial charge < -0.3 is 19.7 Å². The van der Waals surface area contributed by atoms with E-state index in [0.29, 0.717) is 37.6 Å². The van der Waals surface area contributed by atoms with Gasteiger partial charge in [0.05, 0.1) is 13.2 Å². The number of aliphatic hydroxyl groups excluding tert-OH is 1. The van der Waals surface area contributed by atoms with E-state index in [1.807, 2.05) is 60.7 Å². The fourth-order valence-corrected chi connectivity index (χ4v) is 4.26. The number of aromatic hydroxyl groups is 1. The Hall–Kier alpha value is -4.13. The molecule has 1 unspecified atom stereocenters. The number of aliphatic hydroxyl groups is 1. The van der Waals surface area contributed by atoms with Gasteiger partial charge in [-0.05, 0) is 52.9 Å². The average Bonchev–Trinajstić information content (AvgIpc) is 2.96. The lowest BCUT2D eigenvalue weighted by Gasteiger charge is -2.26. The molecule has 6 nitrogen and oxygen atoms in total. The smallest absolute Gasteiger partial charge is 0.341 e. The molecular formula is C32H33NO5. The molecule has 0 saturated carbocycles. The summed E-state index contributed by atoms with van der Waals surface area (Å²) in [5, 5.41) is 20.8. The van der Waals surface area contributed by atoms with Crippen LogP contribution in [0, 0.1) is 0 Å². The normalized spacial score (nSPS) is 11.8. The average molecular weight is 512 g/mol. The van der Waals surface area contributed by atoms with Crippen molar-refractivity contribution >= 4 is 5.97 Å². The van der Waals surface area contributed by atoms with Gasteiger partial charge in [0, 0.05) is 19.6 Å². The lowest BCUT2D eigenvalue weighted by Crippen LogP contribution is -2.30. The van der Waals surface area contributed by atoms with Gasteiger partial charge in [-0.25, -0.2) is 4.79 Å². The molecule has 0 aliphatic heterocycles. The molecule has 0 radical (unpaired) electrons. The molecule has 1 atom stereocenters. The number of nitrogens with zero attached hydrogens (tertiary/aromatic N) is 1. The Balaban J connectivity index is 1.49. The first-order chi connectivity index (χ1) is 18.5. The molecule has 4 aromatic rings. The maximum absolute atomic E-state index is 12.6. The minimum absolute atomic E-state index is 0.239. The SMILES string of the molecule is COC(=O)c1cc(C(O)CN(CCc2ccc(O)cc2)Cc2ccccc2)ccc1OCc1ccccc1. The van der Waals surface area contributed by atoms with Gasteiger partial charge in [0.2, 0.25) is 0 Å². The van der Waals surface area contributed by atoms with Crippen molar-refractivity contribution < 1.29 is 24.5 Å². The van der Waals surface area contributed by atoms with E-state index in [1.165, 1.54) is 7.11 Å². The van der Waals surface area contributed by atoms with Crippen LogP contribution in [0.25, 0.3) is 0 Å². The number of carbonyl (C=O) groups excluding carboxylic acids is 1. The van der Waals surface area contributed by atoms with Crippen molar-refractivity contribution in [2.75, 3.05) is 20.2 Å². The summed E-state index contributed by atoms with van der Waals surface area (Å²) in [6, 6.07) is 32.1. The number of benzene rings is 4. The predicted octanol–water partition coefficient (Wildman–Crippen LogP) is 5.54. The zero-order chi connectivity index (χ0) is 26.7. The fraction of sp³-hybridized carbons (Fsp3) is 0.219. The Morgan fingerprint density at radius 3 is 2.16 bits per heavy atom. The van der Waals surface area contributed by atoms with Crippen molar-refractivity contribution in [3.63, 3.8) is 0 Å². The van der Waals surface area contributed by atoms with E-state index in [1.54, 1.807) is 30.3 Å². The van der Waals surface area contributed by atoms with Crippen LogP contribution in [0.2, 0.25) is 0 Å². The molecule has 0 saturated heterocycles. The number of esters is 1. The first-order valence-corrected chi connectivity index (χ1v) is 12.6. The molecule has 0 fully saturated rings.